The predicted octanol–water partition coefficient (Wildman–Crippen LogP) is 16.3. The van der Waals surface area contributed by atoms with Crippen LogP contribution in [0, 0.1) is 0 Å². The molecule has 26 heteroatoms. The first-order valence-corrected chi connectivity index (χ1v) is 51.4. The highest BCUT2D eigenvalue weighted by Crippen LogP contribution is 2.33. The molecule has 12 aromatic rings. The number of piperidine rings is 2. The first-order valence-electron chi connectivity index (χ1n) is 51.4. The Morgan fingerprint density at radius 3 is 0.741 bits per heavy atom. The van der Waals surface area contributed by atoms with Gasteiger partial charge in [0.15, 0.2) is 0 Å². The zero-order chi connectivity index (χ0) is 99.6. The highest BCUT2D eigenvalue weighted by molar-refractivity contribution is 5.69. The van der Waals surface area contributed by atoms with Crippen LogP contribution in [0.4, 0.5) is 0 Å². The van der Waals surface area contributed by atoms with Crippen LogP contribution in [0.5, 0.6) is 34.5 Å². The highest BCUT2D eigenvalue weighted by atomic mass is 16.5. The third-order valence-electron chi connectivity index (χ3n) is 26.9. The van der Waals surface area contributed by atoms with Crippen LogP contribution in [0.25, 0.3) is 66.8 Å². The molecule has 762 valence electrons. The van der Waals surface area contributed by atoms with E-state index in [4.69, 9.17) is 68.5 Å². The van der Waals surface area contributed by atoms with E-state index in [9.17, 15) is 0 Å². The van der Waals surface area contributed by atoms with Gasteiger partial charge in [-0.3, -0.25) is 29.9 Å². The normalized spacial score (nSPS) is 17.7. The van der Waals surface area contributed by atoms with Crippen molar-refractivity contribution in [3.8, 4) is 101 Å². The molecule has 6 atom stereocenters. The van der Waals surface area contributed by atoms with Gasteiger partial charge in [0.2, 0.25) is 0 Å². The van der Waals surface area contributed by atoms with Crippen LogP contribution in [0.1, 0.15) is 117 Å². The Bertz CT molecular complexity index is 5450. The molecule has 6 fully saturated rings. The SMILES string of the molecule is CN1CCCC[C@@H]1COc1cncc(-c2cccc(CCO)c2)c1.CN1CCCC[C@H]1COc1cncc(-c2cccc(CCO)c2)c1.CN1CCC[C@@H]1COc1cncc(-c2cccc(CCO)c2)c1.CN1CCC[C@H]1COc1cncc(-c2cccc(CCO)c2)c1.OCCOCCCc1cccc(-c2cncc(OC[C@@H]3CCN3)c2)c1.OCCOCCc1cccc(-c2cncc(OC[C@@H]3CCN3)c2)c1. The fourth-order valence-corrected chi connectivity index (χ4v) is 18.0. The van der Waals surface area contributed by atoms with E-state index in [1.54, 1.807) is 37.2 Å². The average Bonchev–Trinajstić information content (AvgIpc) is 1.25. The number of benzene rings is 6. The maximum absolute atomic E-state index is 9.10. The van der Waals surface area contributed by atoms with Crippen LogP contribution < -0.4 is 39.1 Å². The van der Waals surface area contributed by atoms with Gasteiger partial charge in [0.25, 0.3) is 0 Å². The number of hydrogen-bond donors (Lipinski definition) is 8. The molecule has 6 saturated heterocycles. The van der Waals surface area contributed by atoms with E-state index in [0.717, 1.165) is 182 Å². The third kappa shape index (κ3) is 36.9. The van der Waals surface area contributed by atoms with Crippen LogP contribution in [0.3, 0.4) is 0 Å². The van der Waals surface area contributed by atoms with Gasteiger partial charge in [-0.2, -0.15) is 0 Å². The average molecular weight is 1950 g/mol. The molecule has 18 rings (SSSR count). The van der Waals surface area contributed by atoms with Gasteiger partial charge in [0, 0.05) is 140 Å². The summed E-state index contributed by atoms with van der Waals surface area (Å²) in [5.74, 6) is 4.88. The summed E-state index contributed by atoms with van der Waals surface area (Å²) in [6.07, 6.45) is 42.0. The molecule has 0 unspecified atom stereocenters. The van der Waals surface area contributed by atoms with E-state index in [0.29, 0.717) is 128 Å². The lowest BCUT2D eigenvalue weighted by molar-refractivity contribution is 0.0909. The molecule has 0 saturated carbocycles. The zero-order valence-electron chi connectivity index (χ0n) is 84.1. The second kappa shape index (κ2) is 60.9. The van der Waals surface area contributed by atoms with Crippen molar-refractivity contribution in [1.82, 2.24) is 60.1 Å². The number of aromatic nitrogens is 6. The van der Waals surface area contributed by atoms with E-state index >= 15 is 0 Å². The molecular weight excluding hydrogens is 1800 g/mol. The minimum absolute atomic E-state index is 0.0644. The first kappa shape index (κ1) is 109. The standard InChI is InChI=1S/C20H26N2O3.2C20H26N2O2.C19H24N2O3.2C19H24N2O2/c23-8-10-24-9-2-4-16-3-1-5-17(11-16)18-12-20(14-21-13-18)25-15-19-6-7-22-19;2*1-22-9-3-2-7-19(22)15-24-20-12-18(13-21-14-20)17-6-4-5-16(11-17)8-10-23;22-7-9-23-8-5-15-2-1-3-16(10-15)17-11-19(13-20-12-17)24-14-18-4-6-21-18;2*1-21-8-3-6-18(21)14-23-19-11-17(12-20-13-19)16-5-2-4-15(10-16)7-9-22/h1,3,5,11-14,19,22-23H,2,4,6-10,15H2;2*4-6,11-14,19,23H,2-3,7-10,15H2,1H3;1-3,10-13,18,21-22H,4-9,14H2;2*2,4-5,10-13,18,22H,3,6-9,14H2,1H3/t3*19-;3*18-/m010010/s1. The molecule has 0 aliphatic carbocycles. The topological polar surface area (TPSA) is 310 Å². The Morgan fingerprint density at radius 1 is 0.252 bits per heavy atom. The van der Waals surface area contributed by atoms with Crippen molar-refractivity contribution in [3.05, 3.63) is 290 Å². The van der Waals surface area contributed by atoms with E-state index < -0.39 is 0 Å². The smallest absolute Gasteiger partial charge is 0.138 e. The van der Waals surface area contributed by atoms with Crippen molar-refractivity contribution in [2.24, 2.45) is 0 Å². The molecule has 6 aliphatic rings. The molecule has 0 spiro atoms. The van der Waals surface area contributed by atoms with E-state index in [1.807, 2.05) is 122 Å². The molecule has 6 aliphatic heterocycles. The lowest BCUT2D eigenvalue weighted by Crippen LogP contribution is -2.46. The maximum Gasteiger partial charge on any atom is 0.138 e. The van der Waals surface area contributed by atoms with Gasteiger partial charge in [-0.1, -0.05) is 158 Å². The van der Waals surface area contributed by atoms with E-state index in [-0.39, 0.29) is 39.6 Å². The summed E-state index contributed by atoms with van der Waals surface area (Å²) >= 11 is 0. The van der Waals surface area contributed by atoms with Gasteiger partial charge in [0.05, 0.1) is 70.2 Å². The lowest BCUT2D eigenvalue weighted by atomic mass is 10.0. The Morgan fingerprint density at radius 2 is 0.497 bits per heavy atom. The van der Waals surface area contributed by atoms with Crippen LogP contribution in [0.15, 0.2) is 256 Å². The summed E-state index contributed by atoms with van der Waals surface area (Å²) in [5, 5.41) is 60.5. The molecule has 26 nitrogen and oxygen atoms in total. The van der Waals surface area contributed by atoms with Gasteiger partial charge in [0.1, 0.15) is 74.1 Å². The molecule has 143 heavy (non-hydrogen) atoms. The number of rotatable bonds is 43. The first-order chi connectivity index (χ1) is 70.2. The summed E-state index contributed by atoms with van der Waals surface area (Å²) in [6.45, 7) is 13.9. The van der Waals surface area contributed by atoms with Crippen molar-refractivity contribution in [2.45, 2.75) is 158 Å². The number of aliphatic hydroxyl groups excluding tert-OH is 6. The number of ether oxygens (including phenoxy) is 8. The minimum atomic E-state index is 0.0644. The van der Waals surface area contributed by atoms with E-state index in [1.165, 1.54) is 88.2 Å². The van der Waals surface area contributed by atoms with Crippen LogP contribution in [0.2, 0.25) is 0 Å². The maximum atomic E-state index is 9.10. The number of pyridine rings is 6. The van der Waals surface area contributed by atoms with Crippen molar-refractivity contribution in [3.63, 3.8) is 0 Å². The zero-order valence-corrected chi connectivity index (χ0v) is 84.1. The van der Waals surface area contributed by atoms with Gasteiger partial charge >= 0.3 is 0 Å². The van der Waals surface area contributed by atoms with E-state index in [2.05, 4.69) is 185 Å². The fourth-order valence-electron chi connectivity index (χ4n) is 18.0. The molecule has 6 aromatic heterocycles. The summed E-state index contributed by atoms with van der Waals surface area (Å²) in [7, 11) is 8.66. The molecule has 6 aromatic carbocycles. The number of likely N-dealkylation sites (N-methyl/N-ethyl adjacent to an activating group) is 4. The van der Waals surface area contributed by atoms with Crippen molar-refractivity contribution in [2.75, 3.05) is 173 Å². The minimum Gasteiger partial charge on any atom is -0.490 e. The second-order valence-electron chi connectivity index (χ2n) is 37.6. The molecule has 0 radical (unpaired) electrons. The van der Waals surface area contributed by atoms with Crippen molar-refractivity contribution in [1.29, 1.82) is 0 Å². The second-order valence-corrected chi connectivity index (χ2v) is 37.6. The monoisotopic (exact) mass is 1950 g/mol. The Kier molecular flexibility index (Phi) is 46.3. The number of nitrogens with one attached hydrogen (secondary N) is 2. The summed E-state index contributed by atoms with van der Waals surface area (Å²) in [6, 6.07) is 64.9. The summed E-state index contributed by atoms with van der Waals surface area (Å²) < 4.78 is 46.3. The molecule has 8 N–H and O–H groups in total. The Hall–Kier alpha value is -11.5. The molecular formula is C117H150N12O14. The van der Waals surface area contributed by atoms with Gasteiger partial charge in [-0.25, -0.2) is 0 Å². The largest absolute Gasteiger partial charge is 0.490 e. The lowest BCUT2D eigenvalue weighted by Gasteiger charge is -2.32. The fraction of sp³-hybridized carbons (Fsp3) is 0.436. The van der Waals surface area contributed by atoms with Crippen LogP contribution >= 0.6 is 0 Å². The summed E-state index contributed by atoms with van der Waals surface area (Å²) in [4.78, 5) is 35.4. The third-order valence-corrected chi connectivity index (χ3v) is 26.9. The van der Waals surface area contributed by atoms with Crippen LogP contribution in [-0.2, 0) is 48.0 Å². The molecule has 0 amide bonds. The van der Waals surface area contributed by atoms with Gasteiger partial charge in [-0.05, 0) is 280 Å². The van der Waals surface area contributed by atoms with Crippen LogP contribution in [-0.4, -0.2) is 290 Å². The Labute approximate surface area is 846 Å². The molecule has 0 bridgehead atoms. The number of aliphatic hydroxyl groups is 6. The van der Waals surface area contributed by atoms with Crippen molar-refractivity contribution < 1.29 is 68.5 Å². The quantitative estimate of drug-likeness (QED) is 0.0165. The summed E-state index contributed by atoms with van der Waals surface area (Å²) in [5.41, 5.74) is 20.0. The highest BCUT2D eigenvalue weighted by Gasteiger charge is 2.26. The number of aryl methyl sites for hydroxylation is 1. The number of nitrogens with zero attached hydrogens (tertiary/aromatic N) is 10. The molecule has 12 heterocycles. The van der Waals surface area contributed by atoms with Crippen molar-refractivity contribution >= 4 is 0 Å². The van der Waals surface area contributed by atoms with Gasteiger partial charge in [-0.15, -0.1) is 0 Å². The van der Waals surface area contributed by atoms with Gasteiger partial charge < -0.3 is 98.8 Å². The number of hydrogen-bond acceptors (Lipinski definition) is 26. The Balaban J connectivity index is 0.000000144. The predicted molar refractivity (Wildman–Crippen MR) is 567 cm³/mol. The number of likely N-dealkylation sites (tertiary alicyclic amines) is 4.